The molecule has 2 aromatic rings. The van der Waals surface area contributed by atoms with Gasteiger partial charge in [0, 0.05) is 20.0 Å². The molecule has 0 amide bonds. The number of aromatic nitrogens is 2. The standard InChI is InChI=1S/C15H20FN5O.HI/c1-3-17-15(19-10-14-20-11(2)22-21-14)18-9-8-12-6-4-5-7-13(12)16;/h4-7H,3,8-10H2,1-2H3,(H2,17,18,19);1H. The fourth-order valence-electron chi connectivity index (χ4n) is 1.91. The summed E-state index contributed by atoms with van der Waals surface area (Å²) in [7, 11) is 0. The molecule has 0 saturated heterocycles. The van der Waals surface area contributed by atoms with Gasteiger partial charge in [0.15, 0.2) is 11.8 Å². The summed E-state index contributed by atoms with van der Waals surface area (Å²) in [6.45, 7) is 5.35. The molecule has 1 aromatic heterocycles. The molecule has 6 nitrogen and oxygen atoms in total. The molecule has 8 heteroatoms. The topological polar surface area (TPSA) is 75.3 Å². The maximum Gasteiger partial charge on any atom is 0.223 e. The Labute approximate surface area is 152 Å². The molecular weight excluding hydrogens is 412 g/mol. The first-order valence-electron chi connectivity index (χ1n) is 7.24. The van der Waals surface area contributed by atoms with E-state index in [2.05, 4.69) is 25.8 Å². The van der Waals surface area contributed by atoms with E-state index in [-0.39, 0.29) is 29.8 Å². The highest BCUT2D eigenvalue weighted by atomic mass is 127. The zero-order valence-electron chi connectivity index (χ0n) is 13.2. The number of hydrogen-bond acceptors (Lipinski definition) is 4. The van der Waals surface area contributed by atoms with E-state index in [0.717, 1.165) is 6.54 Å². The molecule has 0 saturated carbocycles. The summed E-state index contributed by atoms with van der Waals surface area (Å²) in [5.74, 6) is 1.50. The van der Waals surface area contributed by atoms with Gasteiger partial charge in [-0.25, -0.2) is 9.38 Å². The van der Waals surface area contributed by atoms with Gasteiger partial charge in [-0.1, -0.05) is 23.4 Å². The molecule has 126 valence electrons. The number of hydrogen-bond donors (Lipinski definition) is 2. The van der Waals surface area contributed by atoms with Crippen molar-refractivity contribution >= 4 is 29.9 Å². The summed E-state index contributed by atoms with van der Waals surface area (Å²) >= 11 is 0. The van der Waals surface area contributed by atoms with E-state index in [4.69, 9.17) is 4.52 Å². The van der Waals surface area contributed by atoms with Crippen molar-refractivity contribution in [2.45, 2.75) is 26.8 Å². The van der Waals surface area contributed by atoms with Crippen molar-refractivity contribution in [3.05, 3.63) is 47.4 Å². The van der Waals surface area contributed by atoms with Crippen molar-refractivity contribution < 1.29 is 8.91 Å². The second-order valence-corrected chi connectivity index (χ2v) is 4.69. The lowest BCUT2D eigenvalue weighted by atomic mass is 10.1. The predicted octanol–water partition coefficient (Wildman–Crippen LogP) is 2.43. The number of benzene rings is 1. The Kier molecular flexibility index (Phi) is 8.52. The van der Waals surface area contributed by atoms with Gasteiger partial charge in [0.05, 0.1) is 0 Å². The van der Waals surface area contributed by atoms with Gasteiger partial charge in [-0.15, -0.1) is 24.0 Å². The maximum atomic E-state index is 13.5. The summed E-state index contributed by atoms with van der Waals surface area (Å²) in [5, 5.41) is 10.1. The highest BCUT2D eigenvalue weighted by Gasteiger charge is 2.04. The highest BCUT2D eigenvalue weighted by Crippen LogP contribution is 2.06. The summed E-state index contributed by atoms with van der Waals surface area (Å²) in [6.07, 6.45) is 0.582. The molecule has 0 aliphatic heterocycles. The molecule has 0 atom stereocenters. The highest BCUT2D eigenvalue weighted by molar-refractivity contribution is 14.0. The molecule has 0 radical (unpaired) electrons. The van der Waals surface area contributed by atoms with Crippen LogP contribution in [0.4, 0.5) is 4.39 Å². The Bertz CT molecular complexity index is 632. The summed E-state index contributed by atoms with van der Waals surface area (Å²) in [5.41, 5.74) is 0.680. The third kappa shape index (κ3) is 6.51. The SMILES string of the molecule is CCNC(=NCc1noc(C)n1)NCCc1ccccc1F.I. The molecule has 0 spiro atoms. The van der Waals surface area contributed by atoms with Crippen molar-refractivity contribution in [2.24, 2.45) is 4.99 Å². The zero-order chi connectivity index (χ0) is 15.8. The number of aliphatic imine (C=N–C) groups is 1. The Hall–Kier alpha value is -1.71. The van der Waals surface area contributed by atoms with Crippen LogP contribution in [-0.4, -0.2) is 29.2 Å². The number of nitrogens with zero attached hydrogens (tertiary/aromatic N) is 3. The normalized spacial score (nSPS) is 11.0. The Morgan fingerprint density at radius 3 is 2.74 bits per heavy atom. The molecular formula is C15H21FIN5O. The number of rotatable bonds is 6. The number of nitrogens with one attached hydrogen (secondary N) is 2. The summed E-state index contributed by atoms with van der Waals surface area (Å²) in [4.78, 5) is 8.46. The first-order chi connectivity index (χ1) is 10.7. The first kappa shape index (κ1) is 19.3. The molecule has 0 bridgehead atoms. The number of halogens is 2. The van der Waals surface area contributed by atoms with Crippen LogP contribution >= 0.6 is 24.0 Å². The van der Waals surface area contributed by atoms with Gasteiger partial charge >= 0.3 is 0 Å². The van der Waals surface area contributed by atoms with Gasteiger partial charge in [-0.3, -0.25) is 0 Å². The Morgan fingerprint density at radius 1 is 1.30 bits per heavy atom. The minimum absolute atomic E-state index is 0. The zero-order valence-corrected chi connectivity index (χ0v) is 15.5. The van der Waals surface area contributed by atoms with Crippen molar-refractivity contribution in [2.75, 3.05) is 13.1 Å². The van der Waals surface area contributed by atoms with E-state index in [1.807, 2.05) is 13.0 Å². The quantitative estimate of drug-likeness (QED) is 0.416. The molecule has 2 N–H and O–H groups in total. The second kappa shape index (κ2) is 10.1. The molecule has 0 unspecified atom stereocenters. The van der Waals surface area contributed by atoms with Crippen LogP contribution in [-0.2, 0) is 13.0 Å². The Balaban J connectivity index is 0.00000264. The third-order valence-corrected chi connectivity index (χ3v) is 2.94. The van der Waals surface area contributed by atoms with E-state index in [1.54, 1.807) is 19.1 Å². The lowest BCUT2D eigenvalue weighted by Crippen LogP contribution is -2.38. The van der Waals surface area contributed by atoms with Crippen LogP contribution in [0.1, 0.15) is 24.2 Å². The van der Waals surface area contributed by atoms with Crippen LogP contribution in [0.15, 0.2) is 33.8 Å². The van der Waals surface area contributed by atoms with E-state index in [1.165, 1.54) is 6.07 Å². The van der Waals surface area contributed by atoms with Crippen molar-refractivity contribution in [1.29, 1.82) is 0 Å². The second-order valence-electron chi connectivity index (χ2n) is 4.69. The minimum atomic E-state index is -0.187. The monoisotopic (exact) mass is 433 g/mol. The largest absolute Gasteiger partial charge is 0.357 e. The smallest absolute Gasteiger partial charge is 0.223 e. The van der Waals surface area contributed by atoms with Crippen LogP contribution in [0.2, 0.25) is 0 Å². The lowest BCUT2D eigenvalue weighted by Gasteiger charge is -2.11. The van der Waals surface area contributed by atoms with Crippen LogP contribution in [0, 0.1) is 12.7 Å². The van der Waals surface area contributed by atoms with Gasteiger partial charge in [0.1, 0.15) is 12.4 Å². The van der Waals surface area contributed by atoms with E-state index in [0.29, 0.717) is 42.7 Å². The van der Waals surface area contributed by atoms with Gasteiger partial charge < -0.3 is 15.2 Å². The molecule has 1 heterocycles. The van der Waals surface area contributed by atoms with Crippen LogP contribution < -0.4 is 10.6 Å². The van der Waals surface area contributed by atoms with E-state index >= 15 is 0 Å². The van der Waals surface area contributed by atoms with Crippen LogP contribution in [0.3, 0.4) is 0 Å². The predicted molar refractivity (Wildman–Crippen MR) is 97.4 cm³/mol. The van der Waals surface area contributed by atoms with E-state index < -0.39 is 0 Å². The van der Waals surface area contributed by atoms with Crippen molar-refractivity contribution in [1.82, 2.24) is 20.8 Å². The summed E-state index contributed by atoms with van der Waals surface area (Å²) in [6, 6.07) is 6.76. The lowest BCUT2D eigenvalue weighted by molar-refractivity contribution is 0.387. The third-order valence-electron chi connectivity index (χ3n) is 2.94. The average Bonchev–Trinajstić information content (AvgIpc) is 2.92. The van der Waals surface area contributed by atoms with Crippen LogP contribution in [0.5, 0.6) is 0 Å². The fourth-order valence-corrected chi connectivity index (χ4v) is 1.91. The average molecular weight is 433 g/mol. The minimum Gasteiger partial charge on any atom is -0.357 e. The van der Waals surface area contributed by atoms with Gasteiger partial charge in [0.2, 0.25) is 5.89 Å². The van der Waals surface area contributed by atoms with Gasteiger partial charge in [0.25, 0.3) is 0 Å². The molecule has 1 aromatic carbocycles. The number of aryl methyl sites for hydroxylation is 1. The van der Waals surface area contributed by atoms with Gasteiger partial charge in [-0.2, -0.15) is 4.98 Å². The number of guanidine groups is 1. The first-order valence-corrected chi connectivity index (χ1v) is 7.24. The molecule has 2 rings (SSSR count). The summed E-state index contributed by atoms with van der Waals surface area (Å²) < 4.78 is 18.4. The van der Waals surface area contributed by atoms with Crippen molar-refractivity contribution in [3.8, 4) is 0 Å². The molecule has 0 aliphatic rings. The molecule has 23 heavy (non-hydrogen) atoms. The van der Waals surface area contributed by atoms with Crippen LogP contribution in [0.25, 0.3) is 0 Å². The van der Waals surface area contributed by atoms with E-state index in [9.17, 15) is 4.39 Å². The Morgan fingerprint density at radius 2 is 2.09 bits per heavy atom. The maximum absolute atomic E-state index is 13.5. The molecule has 0 fully saturated rings. The van der Waals surface area contributed by atoms with Crippen molar-refractivity contribution in [3.63, 3.8) is 0 Å². The fraction of sp³-hybridized carbons (Fsp3) is 0.400. The molecule has 0 aliphatic carbocycles. The van der Waals surface area contributed by atoms with Gasteiger partial charge in [-0.05, 0) is 25.0 Å².